The van der Waals surface area contributed by atoms with Crippen LogP contribution in [0.25, 0.3) is 0 Å². The Kier molecular flexibility index (Phi) is 6.04. The van der Waals surface area contributed by atoms with Crippen LogP contribution < -0.4 is 4.74 Å². The van der Waals surface area contributed by atoms with Crippen LogP contribution in [0.3, 0.4) is 0 Å². The van der Waals surface area contributed by atoms with Crippen molar-refractivity contribution in [2.75, 3.05) is 46.1 Å². The predicted molar refractivity (Wildman–Crippen MR) is 105 cm³/mol. The lowest BCUT2D eigenvalue weighted by molar-refractivity contribution is -0.0835. The molecule has 2 aliphatic heterocycles. The summed E-state index contributed by atoms with van der Waals surface area (Å²) < 4.78 is 11.4. The summed E-state index contributed by atoms with van der Waals surface area (Å²) in [6.45, 7) is 6.11. The van der Waals surface area contributed by atoms with Crippen LogP contribution in [0, 0.1) is 0 Å². The second-order valence-corrected chi connectivity index (χ2v) is 7.31. The third-order valence-corrected chi connectivity index (χ3v) is 5.47. The summed E-state index contributed by atoms with van der Waals surface area (Å²) in [5, 5.41) is 8.84. The molecule has 0 spiro atoms. The molecule has 0 unspecified atom stereocenters. The predicted octanol–water partition coefficient (Wildman–Crippen LogP) is 2.32. The van der Waals surface area contributed by atoms with E-state index in [1.165, 1.54) is 11.1 Å². The minimum Gasteiger partial charge on any atom is -0.491 e. The third kappa shape index (κ3) is 4.50. The first kappa shape index (κ1) is 18.4. The summed E-state index contributed by atoms with van der Waals surface area (Å²) >= 11 is 0. The van der Waals surface area contributed by atoms with Gasteiger partial charge in [-0.15, -0.1) is 0 Å². The Labute approximate surface area is 161 Å². The van der Waals surface area contributed by atoms with Gasteiger partial charge in [0.15, 0.2) is 0 Å². The highest BCUT2D eigenvalue weighted by atomic mass is 16.5. The SMILES string of the molecule is OCCOc1ccc(CN2CCN3[C@@H](COC[C@@H]3c3ccccc3)C2)cc1. The maximum absolute atomic E-state index is 8.84. The number of aliphatic hydroxyl groups excluding tert-OH is 1. The molecule has 0 saturated carbocycles. The van der Waals surface area contributed by atoms with Gasteiger partial charge in [0.2, 0.25) is 0 Å². The van der Waals surface area contributed by atoms with Gasteiger partial charge in [-0.1, -0.05) is 42.5 Å². The highest BCUT2D eigenvalue weighted by Gasteiger charge is 2.36. The van der Waals surface area contributed by atoms with E-state index in [1.54, 1.807) is 0 Å². The van der Waals surface area contributed by atoms with Crippen LogP contribution >= 0.6 is 0 Å². The lowest BCUT2D eigenvalue weighted by Gasteiger charge is -2.48. The Hall–Kier alpha value is -1.92. The van der Waals surface area contributed by atoms with Crippen LogP contribution in [-0.4, -0.2) is 67.0 Å². The van der Waals surface area contributed by atoms with Crippen LogP contribution in [0.4, 0.5) is 0 Å². The van der Waals surface area contributed by atoms with E-state index in [2.05, 4.69) is 52.3 Å². The zero-order chi connectivity index (χ0) is 18.5. The molecule has 0 amide bonds. The number of morpholine rings is 1. The highest BCUT2D eigenvalue weighted by Crippen LogP contribution is 2.30. The van der Waals surface area contributed by atoms with Gasteiger partial charge in [0, 0.05) is 32.2 Å². The number of fused-ring (bicyclic) bond motifs is 1. The van der Waals surface area contributed by atoms with Crippen molar-refractivity contribution in [3.63, 3.8) is 0 Å². The van der Waals surface area contributed by atoms with E-state index in [0.29, 0.717) is 18.7 Å². The quantitative estimate of drug-likeness (QED) is 0.848. The first-order valence-electron chi connectivity index (χ1n) is 9.77. The number of aliphatic hydroxyl groups is 1. The van der Waals surface area contributed by atoms with Crippen LogP contribution in [0.5, 0.6) is 5.75 Å². The average Bonchev–Trinajstić information content (AvgIpc) is 2.73. The molecule has 0 bridgehead atoms. The minimum atomic E-state index is 0.0411. The average molecular weight is 368 g/mol. The van der Waals surface area contributed by atoms with E-state index in [-0.39, 0.29) is 6.61 Å². The molecule has 2 aliphatic rings. The van der Waals surface area contributed by atoms with Gasteiger partial charge in [-0.25, -0.2) is 0 Å². The molecular weight excluding hydrogens is 340 g/mol. The van der Waals surface area contributed by atoms with Gasteiger partial charge < -0.3 is 14.6 Å². The molecule has 5 nitrogen and oxygen atoms in total. The van der Waals surface area contributed by atoms with E-state index >= 15 is 0 Å². The maximum atomic E-state index is 8.84. The summed E-state index contributed by atoms with van der Waals surface area (Å²) in [7, 11) is 0. The normalized spacial score (nSPS) is 23.7. The zero-order valence-corrected chi connectivity index (χ0v) is 15.7. The van der Waals surface area contributed by atoms with Crippen molar-refractivity contribution in [2.45, 2.75) is 18.6 Å². The molecule has 0 aromatic heterocycles. The largest absolute Gasteiger partial charge is 0.491 e. The summed E-state index contributed by atoms with van der Waals surface area (Å²) in [4.78, 5) is 5.14. The number of benzene rings is 2. The van der Waals surface area contributed by atoms with E-state index in [0.717, 1.165) is 45.1 Å². The Bertz CT molecular complexity index is 707. The molecule has 27 heavy (non-hydrogen) atoms. The monoisotopic (exact) mass is 368 g/mol. The number of nitrogens with zero attached hydrogens (tertiary/aromatic N) is 2. The smallest absolute Gasteiger partial charge is 0.119 e. The first-order valence-corrected chi connectivity index (χ1v) is 9.77. The van der Waals surface area contributed by atoms with Crippen LogP contribution in [0.15, 0.2) is 54.6 Å². The van der Waals surface area contributed by atoms with Crippen LogP contribution in [0.1, 0.15) is 17.2 Å². The lowest BCUT2D eigenvalue weighted by Crippen LogP contribution is -2.58. The van der Waals surface area contributed by atoms with Crippen molar-refractivity contribution in [1.29, 1.82) is 0 Å². The van der Waals surface area contributed by atoms with Crippen molar-refractivity contribution >= 4 is 0 Å². The van der Waals surface area contributed by atoms with E-state index < -0.39 is 0 Å². The van der Waals surface area contributed by atoms with Gasteiger partial charge >= 0.3 is 0 Å². The van der Waals surface area contributed by atoms with Gasteiger partial charge in [-0.3, -0.25) is 9.80 Å². The maximum Gasteiger partial charge on any atom is 0.119 e. The van der Waals surface area contributed by atoms with Gasteiger partial charge in [0.05, 0.1) is 25.9 Å². The molecule has 0 aliphatic carbocycles. The van der Waals surface area contributed by atoms with E-state index in [1.807, 2.05) is 12.1 Å². The zero-order valence-electron chi connectivity index (χ0n) is 15.7. The molecule has 2 heterocycles. The second kappa shape index (κ2) is 8.85. The fourth-order valence-electron chi connectivity index (χ4n) is 4.12. The molecule has 4 rings (SSSR count). The molecule has 2 atom stereocenters. The molecule has 1 N–H and O–H groups in total. The first-order chi connectivity index (χ1) is 13.3. The number of rotatable bonds is 6. The van der Waals surface area contributed by atoms with Gasteiger partial charge in [0.1, 0.15) is 12.4 Å². The Morgan fingerprint density at radius 3 is 2.59 bits per heavy atom. The topological polar surface area (TPSA) is 45.2 Å². The summed E-state index contributed by atoms with van der Waals surface area (Å²) in [5.74, 6) is 0.809. The van der Waals surface area contributed by atoms with Crippen LogP contribution in [-0.2, 0) is 11.3 Å². The Morgan fingerprint density at radius 2 is 1.81 bits per heavy atom. The number of ether oxygens (including phenoxy) is 2. The van der Waals surface area contributed by atoms with Crippen molar-refractivity contribution in [2.24, 2.45) is 0 Å². The molecule has 0 radical (unpaired) electrons. The van der Waals surface area contributed by atoms with Gasteiger partial charge in [-0.05, 0) is 23.3 Å². The summed E-state index contributed by atoms with van der Waals surface area (Å²) in [5.41, 5.74) is 2.64. The Balaban J connectivity index is 1.36. The molecule has 2 fully saturated rings. The summed E-state index contributed by atoms with van der Waals surface area (Å²) in [6.07, 6.45) is 0. The highest BCUT2D eigenvalue weighted by molar-refractivity contribution is 5.27. The van der Waals surface area contributed by atoms with Crippen molar-refractivity contribution in [3.8, 4) is 5.75 Å². The number of hydrogen-bond donors (Lipinski definition) is 1. The van der Waals surface area contributed by atoms with E-state index in [4.69, 9.17) is 14.6 Å². The van der Waals surface area contributed by atoms with Crippen molar-refractivity contribution < 1.29 is 14.6 Å². The fourth-order valence-corrected chi connectivity index (χ4v) is 4.12. The van der Waals surface area contributed by atoms with Crippen molar-refractivity contribution in [3.05, 3.63) is 65.7 Å². The molecular formula is C22H28N2O3. The Morgan fingerprint density at radius 1 is 1.00 bits per heavy atom. The molecule has 2 aromatic rings. The van der Waals surface area contributed by atoms with Gasteiger partial charge in [0.25, 0.3) is 0 Å². The molecule has 5 heteroatoms. The lowest BCUT2D eigenvalue weighted by atomic mass is 10.00. The number of piperazine rings is 1. The fraction of sp³-hybridized carbons (Fsp3) is 0.455. The minimum absolute atomic E-state index is 0.0411. The standard InChI is InChI=1S/C22H28N2O3/c25-12-13-27-21-8-6-18(7-9-21)14-23-10-11-24-20(15-23)16-26-17-22(24)19-4-2-1-3-5-19/h1-9,20,22,25H,10-17H2/t20-,22-/m1/s1. The molecule has 144 valence electrons. The second-order valence-electron chi connectivity index (χ2n) is 7.31. The molecule has 2 saturated heterocycles. The van der Waals surface area contributed by atoms with Crippen LogP contribution in [0.2, 0.25) is 0 Å². The summed E-state index contributed by atoms with van der Waals surface area (Å²) in [6, 6.07) is 19.7. The van der Waals surface area contributed by atoms with E-state index in [9.17, 15) is 0 Å². The number of hydrogen-bond acceptors (Lipinski definition) is 5. The van der Waals surface area contributed by atoms with Crippen molar-refractivity contribution in [1.82, 2.24) is 9.80 Å². The third-order valence-electron chi connectivity index (χ3n) is 5.47. The molecule has 2 aromatic carbocycles. The van der Waals surface area contributed by atoms with Gasteiger partial charge in [-0.2, -0.15) is 0 Å².